The molecule has 1 atom stereocenters. The lowest BCUT2D eigenvalue weighted by atomic mass is 9.75. The summed E-state index contributed by atoms with van der Waals surface area (Å²) in [6.07, 6.45) is 1.30. The van der Waals surface area contributed by atoms with Crippen molar-refractivity contribution in [3.8, 4) is 12.1 Å². The van der Waals surface area contributed by atoms with Gasteiger partial charge in [-0.05, 0) is 12.0 Å². The smallest absolute Gasteiger partial charge is 0.216 e. The van der Waals surface area contributed by atoms with Crippen LogP contribution in [0, 0.1) is 29.2 Å². The summed E-state index contributed by atoms with van der Waals surface area (Å²) in [7, 11) is 0. The van der Waals surface area contributed by atoms with Gasteiger partial charge in [0.25, 0.3) is 0 Å². The Bertz CT molecular complexity index is 453. The Morgan fingerprint density at radius 1 is 1.18 bits per heavy atom. The molecule has 3 nitrogen and oxygen atoms in total. The highest BCUT2D eigenvalue weighted by atomic mass is 14.6. The highest BCUT2D eigenvalue weighted by molar-refractivity contribution is 5.32. The Morgan fingerprint density at radius 3 is 2.41 bits per heavy atom. The van der Waals surface area contributed by atoms with Crippen molar-refractivity contribution in [1.82, 2.24) is 0 Å². The van der Waals surface area contributed by atoms with Crippen molar-refractivity contribution >= 4 is 0 Å². The molecule has 1 rings (SSSR count). The molecule has 0 fully saturated rings. The largest absolute Gasteiger partial charge is 0.317 e. The van der Waals surface area contributed by atoms with Gasteiger partial charge in [-0.15, -0.1) is 0 Å². The number of nitrogens with zero attached hydrogens (tertiary/aromatic N) is 3. The lowest BCUT2D eigenvalue weighted by Crippen LogP contribution is -2.25. The molecule has 0 amide bonds. The second-order valence-electron chi connectivity index (χ2n) is 3.85. The Morgan fingerprint density at radius 2 is 1.88 bits per heavy atom. The summed E-state index contributed by atoms with van der Waals surface area (Å²) in [5.74, 6) is 0. The highest BCUT2D eigenvalue weighted by Crippen LogP contribution is 2.32. The molecule has 1 aromatic rings. The molecule has 0 spiro atoms. The number of nitriles is 2. The summed E-state index contributed by atoms with van der Waals surface area (Å²) < 4.78 is 0. The van der Waals surface area contributed by atoms with Gasteiger partial charge in [0, 0.05) is 12.8 Å². The molecule has 0 radical (unpaired) electrons. The fraction of sp³-hybridized carbons (Fsp3) is 0.357. The van der Waals surface area contributed by atoms with Crippen LogP contribution in [0.1, 0.15) is 24.8 Å². The van der Waals surface area contributed by atoms with Crippen LogP contribution >= 0.6 is 0 Å². The summed E-state index contributed by atoms with van der Waals surface area (Å²) in [6, 6.07) is 13.8. The molecule has 0 N–H and O–H groups in total. The van der Waals surface area contributed by atoms with E-state index >= 15 is 0 Å². The quantitative estimate of drug-likeness (QED) is 0.720. The zero-order valence-corrected chi connectivity index (χ0v) is 9.56. The van der Waals surface area contributed by atoms with Crippen molar-refractivity contribution in [2.45, 2.75) is 24.7 Å². The summed E-state index contributed by atoms with van der Waals surface area (Å²) in [6.45, 7) is 7.16. The molecule has 3 heteroatoms. The molecule has 1 unspecified atom stereocenters. The molecule has 0 aliphatic heterocycles. The minimum Gasteiger partial charge on any atom is -0.317 e. The first-order valence-electron chi connectivity index (χ1n) is 5.46. The van der Waals surface area contributed by atoms with Crippen molar-refractivity contribution < 1.29 is 0 Å². The molecular formula is C14H13N3. The van der Waals surface area contributed by atoms with Gasteiger partial charge in [0.2, 0.25) is 6.54 Å². The van der Waals surface area contributed by atoms with Crippen molar-refractivity contribution in [3.05, 3.63) is 47.3 Å². The Hall–Kier alpha value is -2.31. The van der Waals surface area contributed by atoms with E-state index in [4.69, 9.17) is 11.8 Å². The third-order valence-electron chi connectivity index (χ3n) is 2.85. The first-order chi connectivity index (χ1) is 8.29. The molecule has 17 heavy (non-hydrogen) atoms. The fourth-order valence-corrected chi connectivity index (χ4v) is 1.86. The molecule has 84 valence electrons. The van der Waals surface area contributed by atoms with Gasteiger partial charge in [0.15, 0.2) is 0 Å². The average Bonchev–Trinajstić information content (AvgIpc) is 2.41. The van der Waals surface area contributed by atoms with E-state index in [0.29, 0.717) is 25.8 Å². The summed E-state index contributed by atoms with van der Waals surface area (Å²) in [4.78, 5) is 3.32. The van der Waals surface area contributed by atoms with Crippen LogP contribution in [0.3, 0.4) is 0 Å². The molecule has 1 aromatic carbocycles. The van der Waals surface area contributed by atoms with Gasteiger partial charge in [-0.1, -0.05) is 30.3 Å². The number of hydrogen-bond donors (Lipinski definition) is 0. The van der Waals surface area contributed by atoms with Crippen molar-refractivity contribution in [2.75, 3.05) is 6.54 Å². The fourth-order valence-electron chi connectivity index (χ4n) is 1.86. The average molecular weight is 223 g/mol. The van der Waals surface area contributed by atoms with Gasteiger partial charge in [0.1, 0.15) is 0 Å². The summed E-state index contributed by atoms with van der Waals surface area (Å²) in [5, 5.41) is 18.1. The third-order valence-corrected chi connectivity index (χ3v) is 2.85. The monoisotopic (exact) mass is 223 g/mol. The van der Waals surface area contributed by atoms with Gasteiger partial charge in [-0.3, -0.25) is 0 Å². The predicted molar refractivity (Wildman–Crippen MR) is 64.7 cm³/mol. The maximum absolute atomic E-state index is 9.42. The normalized spacial score (nSPS) is 12.8. The van der Waals surface area contributed by atoms with Crippen LogP contribution in [0.4, 0.5) is 0 Å². The van der Waals surface area contributed by atoms with E-state index in [-0.39, 0.29) is 0 Å². The van der Waals surface area contributed by atoms with Gasteiger partial charge in [0.05, 0.1) is 17.6 Å². The second kappa shape index (κ2) is 6.31. The Balaban J connectivity index is 3.05. The first-order valence-corrected chi connectivity index (χ1v) is 5.46. The van der Waals surface area contributed by atoms with E-state index < -0.39 is 5.41 Å². The molecule has 0 heterocycles. The molecule has 0 saturated heterocycles. The number of rotatable bonds is 5. The van der Waals surface area contributed by atoms with E-state index in [2.05, 4.69) is 17.0 Å². The topological polar surface area (TPSA) is 51.9 Å². The Kier molecular flexibility index (Phi) is 4.74. The van der Waals surface area contributed by atoms with Gasteiger partial charge in [-0.25, -0.2) is 6.57 Å². The Labute approximate surface area is 102 Å². The standard InChI is InChI=1S/C14H13N3/c1-17-11-9-14(12-16,8-5-10-15)13-6-3-2-4-7-13/h2-4,6-7H,5,8-9,11H2. The van der Waals surface area contributed by atoms with E-state index in [1.165, 1.54) is 0 Å². The first kappa shape index (κ1) is 12.8. The van der Waals surface area contributed by atoms with Crippen LogP contribution < -0.4 is 0 Å². The van der Waals surface area contributed by atoms with Crippen molar-refractivity contribution in [2.24, 2.45) is 0 Å². The molecule has 0 aliphatic rings. The minimum atomic E-state index is -0.693. The lowest BCUT2D eigenvalue weighted by molar-refractivity contribution is 0.488. The molecule has 0 bridgehead atoms. The molecule has 0 aromatic heterocycles. The van der Waals surface area contributed by atoms with Crippen molar-refractivity contribution in [1.29, 1.82) is 10.5 Å². The van der Waals surface area contributed by atoms with Crippen LogP contribution in [0.25, 0.3) is 4.85 Å². The van der Waals surface area contributed by atoms with Crippen LogP contribution in [0.15, 0.2) is 30.3 Å². The summed E-state index contributed by atoms with van der Waals surface area (Å²) in [5.41, 5.74) is 0.211. The lowest BCUT2D eigenvalue weighted by Gasteiger charge is -2.24. The van der Waals surface area contributed by atoms with Gasteiger partial charge < -0.3 is 4.85 Å². The van der Waals surface area contributed by atoms with Crippen molar-refractivity contribution in [3.63, 3.8) is 0 Å². The van der Waals surface area contributed by atoms with E-state index in [9.17, 15) is 5.26 Å². The maximum Gasteiger partial charge on any atom is 0.216 e. The maximum atomic E-state index is 9.42. The molecule has 0 aliphatic carbocycles. The van der Waals surface area contributed by atoms with Crippen LogP contribution in [-0.2, 0) is 5.41 Å². The van der Waals surface area contributed by atoms with E-state index in [1.54, 1.807) is 0 Å². The van der Waals surface area contributed by atoms with E-state index in [1.807, 2.05) is 30.3 Å². The molecule has 0 saturated carbocycles. The second-order valence-corrected chi connectivity index (χ2v) is 3.85. The number of benzene rings is 1. The minimum absolute atomic E-state index is 0.313. The molecular weight excluding hydrogens is 210 g/mol. The summed E-state index contributed by atoms with van der Waals surface area (Å²) >= 11 is 0. The van der Waals surface area contributed by atoms with E-state index in [0.717, 1.165) is 5.56 Å². The zero-order chi connectivity index (χ0) is 12.6. The third kappa shape index (κ3) is 3.07. The highest BCUT2D eigenvalue weighted by Gasteiger charge is 2.32. The zero-order valence-electron chi connectivity index (χ0n) is 9.56. The number of hydrogen-bond acceptors (Lipinski definition) is 2. The SMILES string of the molecule is [C-]#[N+]CCC(C#N)(CCC#N)c1ccccc1. The predicted octanol–water partition coefficient (Wildman–Crippen LogP) is 3.06. The van der Waals surface area contributed by atoms with Crippen LogP contribution in [-0.4, -0.2) is 6.54 Å². The van der Waals surface area contributed by atoms with Gasteiger partial charge >= 0.3 is 0 Å². The van der Waals surface area contributed by atoms with Gasteiger partial charge in [-0.2, -0.15) is 10.5 Å². The van der Waals surface area contributed by atoms with Crippen LogP contribution in [0.2, 0.25) is 0 Å². The van der Waals surface area contributed by atoms with Crippen LogP contribution in [0.5, 0.6) is 0 Å².